The summed E-state index contributed by atoms with van der Waals surface area (Å²) < 4.78 is 16.7. The lowest BCUT2D eigenvalue weighted by Crippen LogP contribution is -2.33. The molecule has 0 saturated heterocycles. The van der Waals surface area contributed by atoms with Crippen molar-refractivity contribution < 1.29 is 13.9 Å². The Morgan fingerprint density at radius 3 is 2.52 bits per heavy atom. The van der Waals surface area contributed by atoms with Gasteiger partial charge in [0.15, 0.2) is 11.5 Å². The number of ether oxygens (including phenoxy) is 2. The molecule has 7 heteroatoms. The van der Waals surface area contributed by atoms with E-state index in [0.29, 0.717) is 22.9 Å². The van der Waals surface area contributed by atoms with Crippen LogP contribution in [0.1, 0.15) is 5.56 Å². The van der Waals surface area contributed by atoms with Crippen LogP contribution in [0.3, 0.4) is 0 Å². The summed E-state index contributed by atoms with van der Waals surface area (Å²) in [5, 5.41) is 0.685. The zero-order valence-electron chi connectivity index (χ0n) is 13.7. The molecule has 0 unspecified atom stereocenters. The summed E-state index contributed by atoms with van der Waals surface area (Å²) in [5.74, 6) is 0.508. The number of hydrogen-bond donors (Lipinski definition) is 0. The van der Waals surface area contributed by atoms with Crippen LogP contribution in [0.5, 0.6) is 11.5 Å². The highest BCUT2D eigenvalue weighted by Gasteiger charge is 2.11. The van der Waals surface area contributed by atoms with Gasteiger partial charge in [-0.05, 0) is 42.3 Å². The Balaban J connectivity index is 1.94. The molecule has 130 valence electrons. The molecule has 0 aliphatic heterocycles. The van der Waals surface area contributed by atoms with Crippen molar-refractivity contribution in [3.05, 3.63) is 67.9 Å². The predicted molar refractivity (Wildman–Crippen MR) is 95.0 cm³/mol. The van der Waals surface area contributed by atoms with Gasteiger partial charge in [-0.1, -0.05) is 17.7 Å². The number of fused-ring (bicyclic) bond motifs is 1. The van der Waals surface area contributed by atoms with E-state index >= 15 is 0 Å². The first-order valence-electron chi connectivity index (χ1n) is 7.57. The topological polar surface area (TPSA) is 70.7 Å². The van der Waals surface area contributed by atoms with Gasteiger partial charge in [0.25, 0.3) is 5.56 Å². The molecule has 0 radical (unpaired) electrons. The first-order valence-corrected chi connectivity index (χ1v) is 7.95. The van der Waals surface area contributed by atoms with Gasteiger partial charge >= 0.3 is 5.76 Å². The number of halogens is 1. The van der Waals surface area contributed by atoms with E-state index in [0.717, 1.165) is 10.1 Å². The summed E-state index contributed by atoms with van der Waals surface area (Å²) in [7, 11) is 3.11. The lowest BCUT2D eigenvalue weighted by Gasteiger charge is -2.10. The summed E-state index contributed by atoms with van der Waals surface area (Å²) in [6.45, 7) is 0.180. The average Bonchev–Trinajstić information content (AvgIpc) is 2.62. The maximum atomic E-state index is 12.5. The largest absolute Gasteiger partial charge is 0.493 e. The smallest absolute Gasteiger partial charge is 0.422 e. The van der Waals surface area contributed by atoms with Gasteiger partial charge in [0, 0.05) is 11.6 Å². The van der Waals surface area contributed by atoms with Gasteiger partial charge in [0.05, 0.1) is 19.6 Å². The number of hydrogen-bond acceptors (Lipinski definition) is 5. The van der Waals surface area contributed by atoms with E-state index in [1.54, 1.807) is 26.4 Å². The number of methoxy groups -OCH3 is 2. The zero-order valence-corrected chi connectivity index (χ0v) is 14.5. The highest BCUT2D eigenvalue weighted by Crippen LogP contribution is 2.27. The Morgan fingerprint density at radius 1 is 1.04 bits per heavy atom. The molecular formula is C18H16ClNO5. The Labute approximate surface area is 148 Å². The van der Waals surface area contributed by atoms with Crippen molar-refractivity contribution in [2.24, 2.45) is 0 Å². The molecule has 0 fully saturated rings. The first-order chi connectivity index (χ1) is 12.0. The second-order valence-corrected chi connectivity index (χ2v) is 5.84. The van der Waals surface area contributed by atoms with Crippen LogP contribution in [0.25, 0.3) is 11.0 Å². The van der Waals surface area contributed by atoms with Crippen LogP contribution in [0, 0.1) is 0 Å². The zero-order chi connectivity index (χ0) is 18.0. The number of rotatable bonds is 5. The lowest BCUT2D eigenvalue weighted by atomic mass is 10.1. The van der Waals surface area contributed by atoms with Crippen LogP contribution in [-0.2, 0) is 13.0 Å². The SMILES string of the molecule is COc1ccc(CCn2c(=O)oc3ccc(Cl)cc3c2=O)cc1OC. The standard InChI is InChI=1S/C18H16ClNO5/c1-23-15-5-3-11(9-16(15)24-2)7-8-20-17(21)13-10-12(19)4-6-14(13)25-18(20)22/h3-6,9-10H,7-8H2,1-2H3. The molecule has 25 heavy (non-hydrogen) atoms. The summed E-state index contributed by atoms with van der Waals surface area (Å²) in [4.78, 5) is 24.6. The molecule has 0 amide bonds. The minimum Gasteiger partial charge on any atom is -0.493 e. The van der Waals surface area contributed by atoms with E-state index in [2.05, 4.69) is 0 Å². The molecule has 0 N–H and O–H groups in total. The fraction of sp³-hybridized carbons (Fsp3) is 0.222. The average molecular weight is 362 g/mol. The number of nitrogens with zero attached hydrogens (tertiary/aromatic N) is 1. The summed E-state index contributed by atoms with van der Waals surface area (Å²) in [5.41, 5.74) is 0.700. The van der Waals surface area contributed by atoms with Gasteiger partial charge in [0.1, 0.15) is 5.58 Å². The van der Waals surface area contributed by atoms with Gasteiger partial charge in [0.2, 0.25) is 0 Å². The molecule has 0 atom stereocenters. The molecule has 0 saturated carbocycles. The predicted octanol–water partition coefficient (Wildman–Crippen LogP) is 2.87. The third-order valence-electron chi connectivity index (χ3n) is 3.91. The van der Waals surface area contributed by atoms with Crippen LogP contribution in [0.15, 0.2) is 50.4 Å². The van der Waals surface area contributed by atoms with Crippen molar-refractivity contribution in [2.75, 3.05) is 14.2 Å². The molecular weight excluding hydrogens is 346 g/mol. The minimum atomic E-state index is -0.694. The van der Waals surface area contributed by atoms with Gasteiger partial charge in [-0.3, -0.25) is 4.79 Å². The Morgan fingerprint density at radius 2 is 1.80 bits per heavy atom. The molecule has 3 aromatic rings. The number of aryl methyl sites for hydroxylation is 1. The number of benzene rings is 2. The van der Waals surface area contributed by atoms with Crippen LogP contribution in [0.2, 0.25) is 5.02 Å². The molecule has 6 nitrogen and oxygen atoms in total. The quantitative estimate of drug-likeness (QED) is 0.698. The van der Waals surface area contributed by atoms with Gasteiger partial charge in [-0.25, -0.2) is 9.36 Å². The summed E-state index contributed by atoms with van der Waals surface area (Å²) >= 11 is 5.92. The third kappa shape index (κ3) is 3.39. The second kappa shape index (κ2) is 7.03. The normalized spacial score (nSPS) is 10.8. The summed E-state index contributed by atoms with van der Waals surface area (Å²) in [6.07, 6.45) is 0.455. The van der Waals surface area contributed by atoms with Gasteiger partial charge in [-0.2, -0.15) is 0 Å². The fourth-order valence-electron chi connectivity index (χ4n) is 2.61. The lowest BCUT2D eigenvalue weighted by molar-refractivity contribution is 0.354. The summed E-state index contributed by atoms with van der Waals surface area (Å²) in [6, 6.07) is 10.0. The van der Waals surface area contributed by atoms with E-state index in [1.807, 2.05) is 12.1 Å². The van der Waals surface area contributed by atoms with Crippen LogP contribution < -0.4 is 20.8 Å². The Bertz CT molecular complexity index is 1040. The molecule has 0 spiro atoms. The highest BCUT2D eigenvalue weighted by atomic mass is 35.5. The third-order valence-corrected chi connectivity index (χ3v) is 4.14. The first kappa shape index (κ1) is 17.1. The van der Waals surface area contributed by atoms with E-state index in [9.17, 15) is 9.59 Å². The van der Waals surface area contributed by atoms with Gasteiger partial charge < -0.3 is 13.9 Å². The van der Waals surface area contributed by atoms with Crippen LogP contribution in [-0.4, -0.2) is 18.8 Å². The monoisotopic (exact) mass is 361 g/mol. The van der Waals surface area contributed by atoms with Crippen molar-refractivity contribution in [3.63, 3.8) is 0 Å². The molecule has 1 heterocycles. The molecule has 3 rings (SSSR count). The fourth-order valence-corrected chi connectivity index (χ4v) is 2.78. The van der Waals surface area contributed by atoms with Crippen molar-refractivity contribution in [2.45, 2.75) is 13.0 Å². The Kier molecular flexibility index (Phi) is 4.81. The molecule has 1 aromatic heterocycles. The highest BCUT2D eigenvalue weighted by molar-refractivity contribution is 6.31. The molecule has 2 aromatic carbocycles. The van der Waals surface area contributed by atoms with Crippen LogP contribution in [0.4, 0.5) is 0 Å². The van der Waals surface area contributed by atoms with E-state index < -0.39 is 11.3 Å². The number of aromatic nitrogens is 1. The van der Waals surface area contributed by atoms with Crippen molar-refractivity contribution in [3.8, 4) is 11.5 Å². The molecule has 0 aliphatic carbocycles. The van der Waals surface area contributed by atoms with E-state index in [-0.39, 0.29) is 17.5 Å². The van der Waals surface area contributed by atoms with Crippen molar-refractivity contribution in [1.82, 2.24) is 4.57 Å². The Hall–Kier alpha value is -2.73. The van der Waals surface area contributed by atoms with Crippen molar-refractivity contribution >= 4 is 22.6 Å². The van der Waals surface area contributed by atoms with Crippen LogP contribution >= 0.6 is 11.6 Å². The maximum absolute atomic E-state index is 12.5. The van der Waals surface area contributed by atoms with E-state index in [4.69, 9.17) is 25.5 Å². The maximum Gasteiger partial charge on any atom is 0.422 e. The second-order valence-electron chi connectivity index (χ2n) is 5.40. The van der Waals surface area contributed by atoms with E-state index in [1.165, 1.54) is 12.1 Å². The molecule has 0 bridgehead atoms. The van der Waals surface area contributed by atoms with Gasteiger partial charge in [-0.15, -0.1) is 0 Å². The molecule has 0 aliphatic rings. The minimum absolute atomic E-state index is 0.180. The van der Waals surface area contributed by atoms with Crippen molar-refractivity contribution in [1.29, 1.82) is 0 Å².